The first-order chi connectivity index (χ1) is 25.2. The molecule has 0 bridgehead atoms. The molecule has 1 rings (SSSR count). The van der Waals surface area contributed by atoms with Crippen LogP contribution in [-0.2, 0) is 61.6 Å². The zero-order chi connectivity index (χ0) is 36.6. The van der Waals surface area contributed by atoms with Crippen LogP contribution in [0.25, 0.3) is 0 Å². The van der Waals surface area contributed by atoms with Crippen molar-refractivity contribution in [3.05, 3.63) is 24.3 Å². The predicted molar refractivity (Wildman–Crippen MR) is 190 cm³/mol. The topological polar surface area (TPSA) is 163 Å². The molecule has 0 unspecified atom stereocenters. The first-order valence-electron chi connectivity index (χ1n) is 18.2. The number of rotatable bonds is 41. The number of nitrogen functional groups attached to an aromatic ring is 1. The van der Waals surface area contributed by atoms with Gasteiger partial charge in [-0.05, 0) is 30.7 Å². The van der Waals surface area contributed by atoms with Gasteiger partial charge in [-0.2, -0.15) is 0 Å². The molecule has 0 aliphatic rings. The Morgan fingerprint density at radius 3 is 1.04 bits per heavy atom. The summed E-state index contributed by atoms with van der Waals surface area (Å²) in [7, 11) is 0. The average molecular weight is 736 g/mol. The van der Waals surface area contributed by atoms with Gasteiger partial charge in [-0.25, -0.2) is 0 Å². The van der Waals surface area contributed by atoms with Gasteiger partial charge in [-0.3, -0.25) is 4.79 Å². The summed E-state index contributed by atoms with van der Waals surface area (Å²) in [5.41, 5.74) is 6.35. The molecule has 0 spiro atoms. The largest absolute Gasteiger partial charge is 0.491 e. The third-order valence-electron chi connectivity index (χ3n) is 6.57. The number of esters is 1. The van der Waals surface area contributed by atoms with Crippen LogP contribution in [0.3, 0.4) is 0 Å². The maximum atomic E-state index is 11.5. The van der Waals surface area contributed by atoms with Crippen LogP contribution in [0.2, 0.25) is 0 Å². The maximum Gasteiger partial charge on any atom is 0.305 e. The van der Waals surface area contributed by atoms with E-state index in [9.17, 15) is 4.79 Å². The Bertz CT molecular complexity index is 852. The van der Waals surface area contributed by atoms with Gasteiger partial charge in [-0.1, -0.05) is 19.8 Å². The van der Waals surface area contributed by atoms with Crippen molar-refractivity contribution in [2.24, 2.45) is 0 Å². The molecular weight excluding hydrogens is 670 g/mol. The van der Waals surface area contributed by atoms with Crippen molar-refractivity contribution < 1.29 is 66.4 Å². The van der Waals surface area contributed by atoms with Crippen molar-refractivity contribution >= 4 is 11.7 Å². The Hall–Kier alpha value is -2.15. The lowest BCUT2D eigenvalue weighted by Crippen LogP contribution is -2.16. The Morgan fingerprint density at radius 2 is 0.725 bits per heavy atom. The molecule has 298 valence electrons. The number of ether oxygens (including phenoxy) is 13. The van der Waals surface area contributed by atoms with Crippen LogP contribution in [0, 0.1) is 0 Å². The molecule has 2 N–H and O–H groups in total. The summed E-state index contributed by atoms with van der Waals surface area (Å²) >= 11 is 0. The highest BCUT2D eigenvalue weighted by Crippen LogP contribution is 2.12. The number of benzene rings is 1. The number of anilines is 1. The molecule has 0 heterocycles. The quantitative estimate of drug-likeness (QED) is 0.0593. The molecule has 15 nitrogen and oxygen atoms in total. The van der Waals surface area contributed by atoms with Crippen LogP contribution in [0.5, 0.6) is 5.75 Å². The number of hydrogen-bond acceptors (Lipinski definition) is 15. The summed E-state index contributed by atoms with van der Waals surface area (Å²) in [6.07, 6.45) is 3.48. The van der Waals surface area contributed by atoms with E-state index < -0.39 is 0 Å². The summed E-state index contributed by atoms with van der Waals surface area (Å²) in [6, 6.07) is 7.26. The van der Waals surface area contributed by atoms with Crippen LogP contribution in [-0.4, -0.2) is 165 Å². The summed E-state index contributed by atoms with van der Waals surface area (Å²) in [4.78, 5) is 11.5. The second-order valence-electron chi connectivity index (χ2n) is 10.8. The lowest BCUT2D eigenvalue weighted by atomic mass is 10.2. The number of nitrogens with two attached hydrogens (primary N) is 1. The molecule has 0 amide bonds. The Kier molecular flexibility index (Phi) is 35.9. The molecule has 1 aromatic rings. The van der Waals surface area contributed by atoms with Crippen LogP contribution in [0.4, 0.5) is 5.69 Å². The van der Waals surface area contributed by atoms with E-state index in [1.54, 1.807) is 12.1 Å². The number of unbranched alkanes of at least 4 members (excludes halogenated alkanes) is 2. The van der Waals surface area contributed by atoms with Gasteiger partial charge in [-0.15, -0.1) is 0 Å². The van der Waals surface area contributed by atoms with Crippen LogP contribution >= 0.6 is 0 Å². The molecule has 0 saturated heterocycles. The van der Waals surface area contributed by atoms with Crippen molar-refractivity contribution in [1.29, 1.82) is 0 Å². The second kappa shape index (κ2) is 39.1. The molecule has 0 aliphatic carbocycles. The molecule has 51 heavy (non-hydrogen) atoms. The van der Waals surface area contributed by atoms with E-state index in [1.165, 1.54) is 0 Å². The number of hydrogen-bond donors (Lipinski definition) is 1. The molecule has 0 fully saturated rings. The fourth-order valence-electron chi connectivity index (χ4n) is 3.89. The van der Waals surface area contributed by atoms with Crippen molar-refractivity contribution in [2.45, 2.75) is 32.6 Å². The maximum absolute atomic E-state index is 11.5. The third kappa shape index (κ3) is 36.0. The normalized spacial score (nSPS) is 11.3. The van der Waals surface area contributed by atoms with Gasteiger partial charge in [0, 0.05) is 12.1 Å². The number of carbonyl (C=O) groups excluding carboxylic acids is 1. The van der Waals surface area contributed by atoms with Crippen molar-refractivity contribution in [2.75, 3.05) is 164 Å². The highest BCUT2D eigenvalue weighted by molar-refractivity contribution is 5.69. The standard InChI is InChI=1S/C36H65NO14/c1-2-3-4-5-36(38)51-33-31-49-29-27-47-25-23-45-21-19-43-17-15-41-13-11-39-10-12-40-14-16-42-18-20-44-22-24-46-26-28-48-30-32-50-35-8-6-34(37)7-9-35/h6-9H,2-5,10-33,37H2,1H3. The predicted octanol–water partition coefficient (Wildman–Crippen LogP) is 2.95. The molecule has 0 radical (unpaired) electrons. The third-order valence-corrected chi connectivity index (χ3v) is 6.57. The molecule has 0 saturated carbocycles. The summed E-state index contributed by atoms with van der Waals surface area (Å²) in [5.74, 6) is 0.607. The minimum absolute atomic E-state index is 0.162. The highest BCUT2D eigenvalue weighted by atomic mass is 16.6. The van der Waals surface area contributed by atoms with E-state index in [2.05, 4.69) is 6.92 Å². The second-order valence-corrected chi connectivity index (χ2v) is 10.8. The Morgan fingerprint density at radius 1 is 0.431 bits per heavy atom. The SMILES string of the molecule is CCCCCC(=O)OCCOCCOCCOCCOCCOCCOCCOCCOCCOCCOCCOCCOc1ccc(N)cc1. The fraction of sp³-hybridized carbons (Fsp3) is 0.806. The van der Waals surface area contributed by atoms with Crippen LogP contribution in [0.1, 0.15) is 32.6 Å². The van der Waals surface area contributed by atoms with E-state index in [-0.39, 0.29) is 12.6 Å². The zero-order valence-corrected chi connectivity index (χ0v) is 30.9. The van der Waals surface area contributed by atoms with Gasteiger partial charge in [0.2, 0.25) is 0 Å². The van der Waals surface area contributed by atoms with Crippen molar-refractivity contribution in [1.82, 2.24) is 0 Å². The van der Waals surface area contributed by atoms with E-state index in [1.807, 2.05) is 12.1 Å². The zero-order valence-electron chi connectivity index (χ0n) is 30.9. The van der Waals surface area contributed by atoms with E-state index in [0.29, 0.717) is 164 Å². The van der Waals surface area contributed by atoms with Crippen LogP contribution < -0.4 is 10.5 Å². The van der Waals surface area contributed by atoms with Gasteiger partial charge < -0.3 is 67.3 Å². The lowest BCUT2D eigenvalue weighted by Gasteiger charge is -2.09. The molecule has 1 aromatic carbocycles. The van der Waals surface area contributed by atoms with Gasteiger partial charge in [0.25, 0.3) is 0 Å². The Labute approximate surface area is 304 Å². The first-order valence-corrected chi connectivity index (χ1v) is 18.2. The van der Waals surface area contributed by atoms with Gasteiger partial charge in [0.15, 0.2) is 0 Å². The summed E-state index contributed by atoms with van der Waals surface area (Å²) in [6.45, 7) is 13.5. The van der Waals surface area contributed by atoms with Crippen molar-refractivity contribution in [3.8, 4) is 5.75 Å². The molecular formula is C36H65NO14. The smallest absolute Gasteiger partial charge is 0.305 e. The monoisotopic (exact) mass is 735 g/mol. The molecule has 15 heteroatoms. The summed E-state index contributed by atoms with van der Waals surface area (Å²) < 4.78 is 70.8. The molecule has 0 atom stereocenters. The number of carbonyl (C=O) groups is 1. The van der Waals surface area contributed by atoms with E-state index in [0.717, 1.165) is 25.0 Å². The molecule has 0 aliphatic heterocycles. The van der Waals surface area contributed by atoms with Gasteiger partial charge in [0.05, 0.1) is 145 Å². The van der Waals surface area contributed by atoms with Gasteiger partial charge >= 0.3 is 5.97 Å². The minimum Gasteiger partial charge on any atom is -0.491 e. The Balaban J connectivity index is 1.62. The summed E-state index contributed by atoms with van der Waals surface area (Å²) in [5, 5.41) is 0. The van der Waals surface area contributed by atoms with Gasteiger partial charge in [0.1, 0.15) is 19.0 Å². The van der Waals surface area contributed by atoms with Crippen molar-refractivity contribution in [3.63, 3.8) is 0 Å². The lowest BCUT2D eigenvalue weighted by molar-refractivity contribution is -0.145. The fourth-order valence-corrected chi connectivity index (χ4v) is 3.89. The van der Waals surface area contributed by atoms with E-state index in [4.69, 9.17) is 67.3 Å². The average Bonchev–Trinajstić information content (AvgIpc) is 3.13. The minimum atomic E-state index is -0.162. The highest BCUT2D eigenvalue weighted by Gasteiger charge is 2.02. The van der Waals surface area contributed by atoms with Crippen LogP contribution in [0.15, 0.2) is 24.3 Å². The first kappa shape index (κ1) is 46.9. The van der Waals surface area contributed by atoms with E-state index >= 15 is 0 Å². The molecule has 0 aromatic heterocycles.